The van der Waals surface area contributed by atoms with Gasteiger partial charge in [0.05, 0.1) is 6.61 Å². The molecule has 0 amide bonds. The quantitative estimate of drug-likeness (QED) is 0.623. The number of ether oxygens (including phenoxy) is 1. The molecule has 0 aromatic carbocycles. The summed E-state index contributed by atoms with van der Waals surface area (Å²) < 4.78 is 7.35. The number of nitrogens with zero attached hydrogens (tertiary/aromatic N) is 1. The van der Waals surface area contributed by atoms with Crippen LogP contribution >= 0.6 is 0 Å². The Balaban J connectivity index is 2.31. The molecule has 2 heterocycles. The maximum absolute atomic E-state index is 5.09. The maximum Gasteiger partial charge on any atom is 0.205 e. The van der Waals surface area contributed by atoms with Gasteiger partial charge in [0.25, 0.3) is 0 Å². The Morgan fingerprint density at radius 3 is 3.31 bits per heavy atom. The van der Waals surface area contributed by atoms with Crippen molar-refractivity contribution in [3.8, 4) is 0 Å². The standard InChI is InChI=1S/C11H14NO/c1-13-9-10-5-7-12-6-3-2-4-11(12)8-10/h2,4-5,7-8H,3,6,9H2,1H3/q+1. The zero-order valence-electron chi connectivity index (χ0n) is 7.86. The molecular weight excluding hydrogens is 162 g/mol. The first-order valence-electron chi connectivity index (χ1n) is 4.58. The van der Waals surface area contributed by atoms with Crippen LogP contribution in [0.3, 0.4) is 0 Å². The smallest absolute Gasteiger partial charge is 0.205 e. The van der Waals surface area contributed by atoms with E-state index in [0.29, 0.717) is 6.61 Å². The largest absolute Gasteiger partial charge is 0.380 e. The molecule has 0 atom stereocenters. The van der Waals surface area contributed by atoms with Crippen LogP contribution in [-0.2, 0) is 17.9 Å². The van der Waals surface area contributed by atoms with Crippen LogP contribution in [0, 0.1) is 0 Å². The minimum absolute atomic E-state index is 0.696. The summed E-state index contributed by atoms with van der Waals surface area (Å²) >= 11 is 0. The van der Waals surface area contributed by atoms with Crippen molar-refractivity contribution in [3.05, 3.63) is 35.7 Å². The molecule has 1 aliphatic rings. The predicted octanol–water partition coefficient (Wildman–Crippen LogP) is 1.54. The summed E-state index contributed by atoms with van der Waals surface area (Å²) in [6, 6.07) is 4.30. The second-order valence-electron chi connectivity index (χ2n) is 3.28. The molecule has 0 bridgehead atoms. The summed E-state index contributed by atoms with van der Waals surface area (Å²) in [6.07, 6.45) is 7.66. The summed E-state index contributed by atoms with van der Waals surface area (Å²) in [4.78, 5) is 0. The van der Waals surface area contributed by atoms with E-state index in [2.05, 4.69) is 35.0 Å². The zero-order valence-corrected chi connectivity index (χ0v) is 7.86. The summed E-state index contributed by atoms with van der Waals surface area (Å²) in [5.41, 5.74) is 2.51. The van der Waals surface area contributed by atoms with E-state index < -0.39 is 0 Å². The van der Waals surface area contributed by atoms with Gasteiger partial charge in [0, 0.05) is 31.7 Å². The molecule has 68 valence electrons. The van der Waals surface area contributed by atoms with Crippen molar-refractivity contribution in [1.82, 2.24) is 0 Å². The Morgan fingerprint density at radius 1 is 1.54 bits per heavy atom. The van der Waals surface area contributed by atoms with Crippen molar-refractivity contribution >= 4 is 6.08 Å². The van der Waals surface area contributed by atoms with Gasteiger partial charge in [-0.05, 0) is 5.56 Å². The number of allylic oxidation sites excluding steroid dienone is 1. The number of methoxy groups -OCH3 is 1. The van der Waals surface area contributed by atoms with E-state index >= 15 is 0 Å². The first-order valence-corrected chi connectivity index (χ1v) is 4.58. The highest BCUT2D eigenvalue weighted by atomic mass is 16.5. The predicted molar refractivity (Wildman–Crippen MR) is 51.0 cm³/mol. The van der Waals surface area contributed by atoms with Crippen LogP contribution in [0.4, 0.5) is 0 Å². The molecule has 1 aromatic rings. The van der Waals surface area contributed by atoms with Crippen LogP contribution in [0.25, 0.3) is 6.08 Å². The van der Waals surface area contributed by atoms with E-state index in [1.54, 1.807) is 7.11 Å². The van der Waals surface area contributed by atoms with Crippen LogP contribution in [0.2, 0.25) is 0 Å². The second-order valence-corrected chi connectivity index (χ2v) is 3.28. The Kier molecular flexibility index (Phi) is 2.41. The fraction of sp³-hybridized carbons (Fsp3) is 0.364. The minimum Gasteiger partial charge on any atom is -0.380 e. The molecule has 0 fully saturated rings. The molecule has 0 N–H and O–H groups in total. The van der Waals surface area contributed by atoms with Gasteiger partial charge in [0.15, 0.2) is 12.7 Å². The molecule has 1 aromatic heterocycles. The van der Waals surface area contributed by atoms with E-state index in [1.807, 2.05) is 0 Å². The Morgan fingerprint density at radius 2 is 2.46 bits per heavy atom. The first-order chi connectivity index (χ1) is 6.40. The number of fused-ring (bicyclic) bond motifs is 1. The van der Waals surface area contributed by atoms with Crippen LogP contribution in [-0.4, -0.2) is 7.11 Å². The third-order valence-electron chi connectivity index (χ3n) is 2.27. The van der Waals surface area contributed by atoms with Crippen molar-refractivity contribution in [2.24, 2.45) is 0 Å². The molecule has 13 heavy (non-hydrogen) atoms. The van der Waals surface area contributed by atoms with Gasteiger partial charge >= 0.3 is 0 Å². The van der Waals surface area contributed by atoms with Crippen molar-refractivity contribution in [3.63, 3.8) is 0 Å². The van der Waals surface area contributed by atoms with Gasteiger partial charge in [-0.3, -0.25) is 0 Å². The third kappa shape index (κ3) is 1.78. The molecule has 0 unspecified atom stereocenters. The van der Waals surface area contributed by atoms with Crippen LogP contribution < -0.4 is 4.57 Å². The van der Waals surface area contributed by atoms with E-state index in [0.717, 1.165) is 13.0 Å². The van der Waals surface area contributed by atoms with Gasteiger partial charge in [0.1, 0.15) is 0 Å². The highest BCUT2D eigenvalue weighted by Gasteiger charge is 2.11. The molecule has 2 heteroatoms. The average Bonchev–Trinajstić information content (AvgIpc) is 2.18. The molecule has 1 aliphatic heterocycles. The van der Waals surface area contributed by atoms with Crippen molar-refractivity contribution in [1.29, 1.82) is 0 Å². The van der Waals surface area contributed by atoms with Gasteiger partial charge in [-0.15, -0.1) is 0 Å². The number of hydrogen-bond acceptors (Lipinski definition) is 1. The zero-order chi connectivity index (χ0) is 9.10. The first kappa shape index (κ1) is 8.45. The summed E-state index contributed by atoms with van der Waals surface area (Å²) in [5, 5.41) is 0. The van der Waals surface area contributed by atoms with Gasteiger partial charge < -0.3 is 4.74 Å². The molecule has 0 spiro atoms. The SMILES string of the molecule is COCc1cc[n+]2c(c1)C=CCC2. The highest BCUT2D eigenvalue weighted by Crippen LogP contribution is 2.07. The van der Waals surface area contributed by atoms with E-state index in [1.165, 1.54) is 11.3 Å². The van der Waals surface area contributed by atoms with Crippen molar-refractivity contribution < 1.29 is 9.30 Å². The van der Waals surface area contributed by atoms with Crippen molar-refractivity contribution in [2.45, 2.75) is 19.6 Å². The normalized spacial score (nSPS) is 14.2. The monoisotopic (exact) mass is 176 g/mol. The van der Waals surface area contributed by atoms with Crippen LogP contribution in [0.1, 0.15) is 17.7 Å². The molecule has 2 rings (SSSR count). The molecular formula is C11H14NO+. The number of pyridine rings is 1. The summed E-state index contributed by atoms with van der Waals surface area (Å²) in [6.45, 7) is 1.79. The lowest BCUT2D eigenvalue weighted by Crippen LogP contribution is -2.38. The van der Waals surface area contributed by atoms with Gasteiger partial charge in [-0.25, -0.2) is 0 Å². The van der Waals surface area contributed by atoms with Gasteiger partial charge in [-0.2, -0.15) is 4.57 Å². The third-order valence-corrected chi connectivity index (χ3v) is 2.27. The number of aryl methyl sites for hydroxylation is 1. The molecule has 2 nitrogen and oxygen atoms in total. The lowest BCUT2D eigenvalue weighted by molar-refractivity contribution is -0.699. The molecule has 0 saturated carbocycles. The lowest BCUT2D eigenvalue weighted by atomic mass is 10.1. The lowest BCUT2D eigenvalue weighted by Gasteiger charge is -2.05. The highest BCUT2D eigenvalue weighted by molar-refractivity contribution is 5.43. The summed E-state index contributed by atoms with van der Waals surface area (Å²) in [5.74, 6) is 0. The fourth-order valence-electron chi connectivity index (χ4n) is 1.61. The second kappa shape index (κ2) is 3.71. The molecule has 0 saturated heterocycles. The van der Waals surface area contributed by atoms with Crippen LogP contribution in [0.5, 0.6) is 0 Å². The Hall–Kier alpha value is -1.15. The minimum atomic E-state index is 0.696. The van der Waals surface area contributed by atoms with Gasteiger partial charge in [0.2, 0.25) is 5.69 Å². The van der Waals surface area contributed by atoms with E-state index in [4.69, 9.17) is 4.74 Å². The summed E-state index contributed by atoms with van der Waals surface area (Å²) in [7, 11) is 1.72. The Bertz CT molecular complexity index is 331. The van der Waals surface area contributed by atoms with Gasteiger partial charge in [-0.1, -0.05) is 6.08 Å². The van der Waals surface area contributed by atoms with E-state index in [-0.39, 0.29) is 0 Å². The van der Waals surface area contributed by atoms with Crippen LogP contribution in [0.15, 0.2) is 24.4 Å². The number of rotatable bonds is 2. The topological polar surface area (TPSA) is 13.1 Å². The van der Waals surface area contributed by atoms with Crippen molar-refractivity contribution in [2.75, 3.05) is 7.11 Å². The average molecular weight is 176 g/mol. The van der Waals surface area contributed by atoms with E-state index in [9.17, 15) is 0 Å². The Labute approximate surface area is 78.5 Å². The maximum atomic E-state index is 5.09. The number of hydrogen-bond donors (Lipinski definition) is 0. The molecule has 0 aliphatic carbocycles. The fourth-order valence-corrected chi connectivity index (χ4v) is 1.61. The molecule has 0 radical (unpaired) electrons. The number of aromatic nitrogens is 1.